The number of ether oxygens (including phenoxy) is 1. The molecule has 8 nitrogen and oxygen atoms in total. The minimum atomic E-state index is -0.744. The summed E-state index contributed by atoms with van der Waals surface area (Å²) in [5.74, 6) is 1.05. The number of nitrogens with zero attached hydrogens (tertiary/aromatic N) is 4. The zero-order valence-corrected chi connectivity index (χ0v) is 20.7. The van der Waals surface area contributed by atoms with Crippen LogP contribution in [0.4, 0.5) is 11.5 Å². The normalized spacial score (nSPS) is 15.2. The van der Waals surface area contributed by atoms with Gasteiger partial charge in [0.15, 0.2) is 0 Å². The third-order valence-electron chi connectivity index (χ3n) is 6.30. The van der Waals surface area contributed by atoms with Crippen LogP contribution in [0.15, 0.2) is 54.7 Å². The van der Waals surface area contributed by atoms with Crippen LogP contribution in [0.1, 0.15) is 24.8 Å². The molecule has 2 heterocycles. The molecule has 0 saturated carbocycles. The smallest absolute Gasteiger partial charge is 0.383 e. The van der Waals surface area contributed by atoms with Crippen molar-refractivity contribution in [3.8, 4) is 5.75 Å². The first kappa shape index (κ1) is 25.3. The lowest BCUT2D eigenvalue weighted by atomic mass is 9.90. The molecule has 1 aliphatic heterocycles. The Morgan fingerprint density at radius 3 is 2.43 bits per heavy atom. The van der Waals surface area contributed by atoms with Gasteiger partial charge >= 0.3 is 11.1 Å². The van der Waals surface area contributed by atoms with E-state index in [1.165, 1.54) is 22.0 Å². The second kappa shape index (κ2) is 11.7. The molecule has 10 heteroatoms. The van der Waals surface area contributed by atoms with Gasteiger partial charge in [0, 0.05) is 30.3 Å². The number of aliphatic hydroxyl groups excluding tert-OH is 1. The van der Waals surface area contributed by atoms with Crippen LogP contribution in [0.3, 0.4) is 0 Å². The molecule has 35 heavy (non-hydrogen) atoms. The molecule has 1 fully saturated rings. The summed E-state index contributed by atoms with van der Waals surface area (Å²) in [6.07, 6.45) is 4.23. The maximum Gasteiger partial charge on any atom is 0.383 e. The summed E-state index contributed by atoms with van der Waals surface area (Å²) < 4.78 is 7.16. The number of benzene rings is 2. The van der Waals surface area contributed by atoms with Gasteiger partial charge in [-0.05, 0) is 95.1 Å². The number of imidazole rings is 1. The van der Waals surface area contributed by atoms with Crippen molar-refractivity contribution in [1.82, 2.24) is 9.55 Å². The standard InChI is InChI=1S/C25H28Cl2N4O4/c26-20-3-1-18(2-4-20)15-19-9-12-29(13-10-19)21-5-7-23(8-6-21)35-17-22(32)11-14-30-16-24(31(33)34)28-25(30)27/h1-8,16,19,22,32H,9-15,17H2/t22-/m1/s1. The Morgan fingerprint density at radius 1 is 1.11 bits per heavy atom. The number of hydrogen-bond acceptors (Lipinski definition) is 6. The number of rotatable bonds is 10. The molecule has 2 aromatic carbocycles. The van der Waals surface area contributed by atoms with Crippen molar-refractivity contribution < 1.29 is 14.8 Å². The summed E-state index contributed by atoms with van der Waals surface area (Å²) in [5, 5.41) is 21.8. The SMILES string of the molecule is O=[N+]([O-])c1cn(CC[C@@H](O)COc2ccc(N3CCC(Cc4ccc(Cl)cc4)CC3)cc2)c(Cl)n1. The van der Waals surface area contributed by atoms with Crippen LogP contribution >= 0.6 is 23.2 Å². The third kappa shape index (κ3) is 7.10. The average Bonchev–Trinajstić information content (AvgIpc) is 3.24. The number of anilines is 1. The maximum atomic E-state index is 10.8. The van der Waals surface area contributed by atoms with E-state index >= 15 is 0 Å². The van der Waals surface area contributed by atoms with Crippen molar-refractivity contribution in [2.75, 3.05) is 24.6 Å². The summed E-state index contributed by atoms with van der Waals surface area (Å²) in [5.41, 5.74) is 2.50. The Bertz CT molecular complexity index is 1110. The van der Waals surface area contributed by atoms with Gasteiger partial charge in [0.25, 0.3) is 0 Å². The fraction of sp³-hybridized carbons (Fsp3) is 0.400. The maximum absolute atomic E-state index is 10.8. The minimum absolute atomic E-state index is 0.0226. The van der Waals surface area contributed by atoms with E-state index < -0.39 is 11.0 Å². The highest BCUT2D eigenvalue weighted by Gasteiger charge is 2.20. The van der Waals surface area contributed by atoms with Gasteiger partial charge in [-0.2, -0.15) is 0 Å². The molecule has 0 bridgehead atoms. The van der Waals surface area contributed by atoms with Crippen LogP contribution in [0, 0.1) is 16.0 Å². The molecule has 1 aliphatic rings. The first-order chi connectivity index (χ1) is 16.9. The Balaban J connectivity index is 1.19. The predicted molar refractivity (Wildman–Crippen MR) is 137 cm³/mol. The van der Waals surface area contributed by atoms with E-state index in [9.17, 15) is 15.2 Å². The number of piperidine rings is 1. The van der Waals surface area contributed by atoms with Crippen LogP contribution in [0.25, 0.3) is 0 Å². The number of nitro groups is 1. The fourth-order valence-electron chi connectivity index (χ4n) is 4.29. The largest absolute Gasteiger partial charge is 0.491 e. The van der Waals surface area contributed by atoms with Crippen LogP contribution in [-0.4, -0.2) is 45.4 Å². The van der Waals surface area contributed by atoms with Gasteiger partial charge < -0.3 is 24.9 Å². The molecule has 0 spiro atoms. The third-order valence-corrected chi connectivity index (χ3v) is 6.86. The first-order valence-electron chi connectivity index (χ1n) is 11.6. The van der Waals surface area contributed by atoms with E-state index in [4.69, 9.17) is 27.9 Å². The molecule has 0 unspecified atom stereocenters. The molecule has 186 valence electrons. The van der Waals surface area contributed by atoms with E-state index in [0.29, 0.717) is 24.6 Å². The van der Waals surface area contributed by atoms with Crippen molar-refractivity contribution >= 4 is 34.7 Å². The lowest BCUT2D eigenvalue weighted by molar-refractivity contribution is -0.389. The second-order valence-electron chi connectivity index (χ2n) is 8.83. The van der Waals surface area contributed by atoms with Gasteiger partial charge in [0.2, 0.25) is 0 Å². The molecule has 4 rings (SSSR count). The highest BCUT2D eigenvalue weighted by molar-refractivity contribution is 6.30. The van der Waals surface area contributed by atoms with Crippen molar-refractivity contribution in [3.05, 3.63) is 80.7 Å². The highest BCUT2D eigenvalue weighted by atomic mass is 35.5. The number of aryl methyl sites for hydroxylation is 1. The minimum Gasteiger partial charge on any atom is -0.491 e. The van der Waals surface area contributed by atoms with Crippen LogP contribution in [0.5, 0.6) is 5.75 Å². The van der Waals surface area contributed by atoms with Gasteiger partial charge in [-0.1, -0.05) is 23.7 Å². The molecule has 1 saturated heterocycles. The van der Waals surface area contributed by atoms with Crippen molar-refractivity contribution in [2.24, 2.45) is 5.92 Å². The van der Waals surface area contributed by atoms with Gasteiger partial charge in [0.05, 0.1) is 6.10 Å². The van der Waals surface area contributed by atoms with Crippen molar-refractivity contribution in [1.29, 1.82) is 0 Å². The summed E-state index contributed by atoms with van der Waals surface area (Å²) >= 11 is 11.9. The molecule has 1 N–H and O–H groups in total. The quantitative estimate of drug-likeness (QED) is 0.285. The summed E-state index contributed by atoms with van der Waals surface area (Å²) in [7, 11) is 0. The summed E-state index contributed by atoms with van der Waals surface area (Å²) in [6, 6.07) is 16.1. The molecule has 0 radical (unpaired) electrons. The average molecular weight is 519 g/mol. The number of aromatic nitrogens is 2. The second-order valence-corrected chi connectivity index (χ2v) is 9.60. The Kier molecular flexibility index (Phi) is 8.49. The zero-order chi connectivity index (χ0) is 24.8. The van der Waals surface area contributed by atoms with Gasteiger partial charge in [-0.25, -0.2) is 0 Å². The number of aliphatic hydroxyl groups is 1. The van der Waals surface area contributed by atoms with Crippen LogP contribution in [0.2, 0.25) is 10.3 Å². The molecule has 0 aliphatic carbocycles. The monoisotopic (exact) mass is 518 g/mol. The van der Waals surface area contributed by atoms with Crippen molar-refractivity contribution in [3.63, 3.8) is 0 Å². The van der Waals surface area contributed by atoms with Crippen molar-refractivity contribution in [2.45, 2.75) is 38.3 Å². The highest BCUT2D eigenvalue weighted by Crippen LogP contribution is 2.27. The van der Waals surface area contributed by atoms with Gasteiger partial charge in [0.1, 0.15) is 18.6 Å². The van der Waals surface area contributed by atoms with E-state index in [1.54, 1.807) is 0 Å². The lowest BCUT2D eigenvalue weighted by Gasteiger charge is -2.33. The Morgan fingerprint density at radius 2 is 1.80 bits per heavy atom. The summed E-state index contributed by atoms with van der Waals surface area (Å²) in [6.45, 7) is 2.46. The topological polar surface area (TPSA) is 93.7 Å². The first-order valence-corrected chi connectivity index (χ1v) is 12.4. The van der Waals surface area contributed by atoms with Gasteiger partial charge in [-0.15, -0.1) is 0 Å². The van der Waals surface area contributed by atoms with E-state index in [1.807, 2.05) is 36.4 Å². The zero-order valence-electron chi connectivity index (χ0n) is 19.2. The molecular weight excluding hydrogens is 491 g/mol. The number of hydrogen-bond donors (Lipinski definition) is 1. The number of halogens is 2. The van der Waals surface area contributed by atoms with Crippen LogP contribution in [-0.2, 0) is 13.0 Å². The molecular formula is C25H28Cl2N4O4. The lowest BCUT2D eigenvalue weighted by Crippen LogP contribution is -2.34. The van der Waals surface area contributed by atoms with E-state index in [-0.39, 0.29) is 17.7 Å². The Hall–Kier alpha value is -2.81. The molecule has 1 aromatic heterocycles. The van der Waals surface area contributed by atoms with Gasteiger partial charge in [-0.3, -0.25) is 4.57 Å². The molecule has 3 aromatic rings. The van der Waals surface area contributed by atoms with Crippen LogP contribution < -0.4 is 9.64 Å². The molecule has 0 amide bonds. The Labute approximate surface area is 214 Å². The fourth-order valence-corrected chi connectivity index (χ4v) is 4.64. The molecule has 1 atom stereocenters. The summed E-state index contributed by atoms with van der Waals surface area (Å²) in [4.78, 5) is 16.2. The van der Waals surface area contributed by atoms with E-state index in [0.717, 1.165) is 37.4 Å². The predicted octanol–water partition coefficient (Wildman–Crippen LogP) is 5.39. The van der Waals surface area contributed by atoms with E-state index in [2.05, 4.69) is 22.0 Å².